The van der Waals surface area contributed by atoms with Crippen LogP contribution in [-0.4, -0.2) is 25.9 Å². The van der Waals surface area contributed by atoms with Crippen LogP contribution in [0.1, 0.15) is 11.6 Å². The number of para-hydroxylation sites is 1. The zero-order valence-corrected chi connectivity index (χ0v) is 12.7. The number of hydrogen-bond donors (Lipinski definition) is 2. The van der Waals surface area contributed by atoms with E-state index in [1.165, 1.54) is 0 Å². The first-order chi connectivity index (χ1) is 10.2. The van der Waals surface area contributed by atoms with Crippen LogP contribution in [0.3, 0.4) is 0 Å². The summed E-state index contributed by atoms with van der Waals surface area (Å²) in [6.07, 6.45) is 0. The number of benzene rings is 2. The maximum atomic E-state index is 9.70. The third-order valence-corrected chi connectivity index (χ3v) is 3.39. The minimum Gasteiger partial charge on any atom is -0.493 e. The lowest BCUT2D eigenvalue weighted by atomic mass is 10.1. The molecule has 2 N–H and O–H groups in total. The summed E-state index contributed by atoms with van der Waals surface area (Å²) < 4.78 is 10.7. The van der Waals surface area contributed by atoms with Gasteiger partial charge in [-0.15, -0.1) is 0 Å². The molecule has 2 rings (SSSR count). The summed E-state index contributed by atoms with van der Waals surface area (Å²) in [4.78, 5) is 0. The number of aliphatic hydroxyl groups is 1. The highest BCUT2D eigenvalue weighted by Gasteiger charge is 2.18. The van der Waals surface area contributed by atoms with Crippen molar-refractivity contribution < 1.29 is 14.6 Å². The Hall–Kier alpha value is -1.91. The maximum absolute atomic E-state index is 9.70. The van der Waals surface area contributed by atoms with Gasteiger partial charge in [-0.1, -0.05) is 29.8 Å². The number of methoxy groups -OCH3 is 2. The first-order valence-electron chi connectivity index (χ1n) is 6.53. The quantitative estimate of drug-likeness (QED) is 0.857. The number of nitrogens with one attached hydrogen (secondary N) is 1. The Balaban J connectivity index is 2.33. The monoisotopic (exact) mass is 307 g/mol. The highest BCUT2D eigenvalue weighted by atomic mass is 35.5. The van der Waals surface area contributed by atoms with E-state index < -0.39 is 0 Å². The molecular weight excluding hydrogens is 290 g/mol. The van der Waals surface area contributed by atoms with Gasteiger partial charge in [0.2, 0.25) is 0 Å². The summed E-state index contributed by atoms with van der Waals surface area (Å²) in [5, 5.41) is 13.6. The van der Waals surface area contributed by atoms with Crippen molar-refractivity contribution in [1.29, 1.82) is 0 Å². The van der Waals surface area contributed by atoms with Crippen molar-refractivity contribution in [2.24, 2.45) is 0 Å². The average Bonchev–Trinajstić information content (AvgIpc) is 2.51. The van der Waals surface area contributed by atoms with E-state index in [9.17, 15) is 5.11 Å². The van der Waals surface area contributed by atoms with Crippen molar-refractivity contribution in [2.75, 3.05) is 26.1 Å². The summed E-state index contributed by atoms with van der Waals surface area (Å²) in [7, 11) is 3.16. The lowest BCUT2D eigenvalue weighted by molar-refractivity contribution is 0.271. The lowest BCUT2D eigenvalue weighted by Crippen LogP contribution is -2.16. The Morgan fingerprint density at radius 1 is 1.14 bits per heavy atom. The van der Waals surface area contributed by atoms with Crippen LogP contribution >= 0.6 is 11.6 Å². The molecule has 21 heavy (non-hydrogen) atoms. The van der Waals surface area contributed by atoms with E-state index in [0.29, 0.717) is 16.5 Å². The molecule has 1 unspecified atom stereocenters. The van der Waals surface area contributed by atoms with Crippen LogP contribution in [0.5, 0.6) is 11.5 Å². The molecule has 0 amide bonds. The van der Waals surface area contributed by atoms with Gasteiger partial charge in [0, 0.05) is 16.3 Å². The minimum atomic E-state index is -0.325. The van der Waals surface area contributed by atoms with Crippen molar-refractivity contribution in [2.45, 2.75) is 6.04 Å². The van der Waals surface area contributed by atoms with Gasteiger partial charge in [-0.05, 0) is 24.3 Å². The zero-order chi connectivity index (χ0) is 15.2. The van der Waals surface area contributed by atoms with Crippen molar-refractivity contribution in [3.8, 4) is 11.5 Å². The molecule has 0 aliphatic carbocycles. The van der Waals surface area contributed by atoms with Gasteiger partial charge in [0.05, 0.1) is 26.9 Å². The van der Waals surface area contributed by atoms with Gasteiger partial charge in [-0.3, -0.25) is 0 Å². The molecular formula is C16H18ClNO3. The molecule has 0 saturated heterocycles. The van der Waals surface area contributed by atoms with Gasteiger partial charge in [0.15, 0.2) is 11.5 Å². The molecule has 2 aromatic carbocycles. The Labute approximate surface area is 129 Å². The van der Waals surface area contributed by atoms with Crippen LogP contribution in [-0.2, 0) is 0 Å². The summed E-state index contributed by atoms with van der Waals surface area (Å²) in [5.74, 6) is 1.23. The number of halogens is 1. The van der Waals surface area contributed by atoms with Crippen LogP contribution in [0.2, 0.25) is 5.02 Å². The fourth-order valence-electron chi connectivity index (χ4n) is 2.19. The molecule has 0 radical (unpaired) electrons. The van der Waals surface area contributed by atoms with Crippen molar-refractivity contribution in [3.05, 3.63) is 53.1 Å². The summed E-state index contributed by atoms with van der Waals surface area (Å²) in [5.41, 5.74) is 1.64. The molecule has 2 aromatic rings. The smallest absolute Gasteiger partial charge is 0.166 e. The first kappa shape index (κ1) is 15.5. The fraction of sp³-hybridized carbons (Fsp3) is 0.250. The van der Waals surface area contributed by atoms with E-state index in [1.807, 2.05) is 30.3 Å². The Morgan fingerprint density at radius 2 is 1.90 bits per heavy atom. The summed E-state index contributed by atoms with van der Waals surface area (Å²) >= 11 is 5.98. The number of aliphatic hydroxyl groups excluding tert-OH is 1. The van der Waals surface area contributed by atoms with Crippen LogP contribution in [0.15, 0.2) is 42.5 Å². The van der Waals surface area contributed by atoms with E-state index in [-0.39, 0.29) is 12.6 Å². The largest absolute Gasteiger partial charge is 0.493 e. The molecule has 0 heterocycles. The molecule has 112 valence electrons. The molecule has 5 heteroatoms. The second kappa shape index (κ2) is 7.20. The highest BCUT2D eigenvalue weighted by molar-refractivity contribution is 6.30. The third-order valence-electron chi connectivity index (χ3n) is 3.16. The zero-order valence-electron chi connectivity index (χ0n) is 12.0. The standard InChI is InChI=1S/C16H18ClNO3/c1-20-15-8-4-7-13(16(15)21-2)14(10-19)18-12-6-3-5-11(17)9-12/h3-9,14,18-19H,10H2,1-2H3. The van der Waals surface area contributed by atoms with Crippen LogP contribution in [0.4, 0.5) is 5.69 Å². The molecule has 0 aliphatic rings. The average molecular weight is 308 g/mol. The SMILES string of the molecule is COc1cccc(C(CO)Nc2cccc(Cl)c2)c1OC. The van der Waals surface area contributed by atoms with Gasteiger partial charge in [-0.25, -0.2) is 0 Å². The number of hydrogen-bond acceptors (Lipinski definition) is 4. The van der Waals surface area contributed by atoms with E-state index >= 15 is 0 Å². The fourth-order valence-corrected chi connectivity index (χ4v) is 2.38. The Kier molecular flexibility index (Phi) is 5.31. The highest BCUT2D eigenvalue weighted by Crippen LogP contribution is 2.35. The van der Waals surface area contributed by atoms with Crippen molar-refractivity contribution in [1.82, 2.24) is 0 Å². The van der Waals surface area contributed by atoms with E-state index in [1.54, 1.807) is 26.4 Å². The third kappa shape index (κ3) is 3.60. The van der Waals surface area contributed by atoms with E-state index in [0.717, 1.165) is 11.3 Å². The normalized spacial score (nSPS) is 11.8. The van der Waals surface area contributed by atoms with Crippen molar-refractivity contribution in [3.63, 3.8) is 0 Å². The van der Waals surface area contributed by atoms with Gasteiger partial charge < -0.3 is 19.9 Å². The Bertz CT molecular complexity index is 604. The molecule has 4 nitrogen and oxygen atoms in total. The summed E-state index contributed by atoms with van der Waals surface area (Å²) in [6, 6.07) is 12.6. The Morgan fingerprint density at radius 3 is 2.52 bits per heavy atom. The van der Waals surface area contributed by atoms with Gasteiger partial charge in [0.25, 0.3) is 0 Å². The summed E-state index contributed by atoms with van der Waals surface area (Å²) in [6.45, 7) is -0.0873. The predicted molar refractivity (Wildman–Crippen MR) is 84.4 cm³/mol. The predicted octanol–water partition coefficient (Wildman–Crippen LogP) is 3.50. The molecule has 0 saturated carbocycles. The maximum Gasteiger partial charge on any atom is 0.166 e. The molecule has 0 aliphatic heterocycles. The molecule has 0 aromatic heterocycles. The van der Waals surface area contributed by atoms with Crippen LogP contribution in [0, 0.1) is 0 Å². The molecule has 1 atom stereocenters. The van der Waals surface area contributed by atoms with Gasteiger partial charge >= 0.3 is 0 Å². The second-order valence-electron chi connectivity index (χ2n) is 4.47. The second-order valence-corrected chi connectivity index (χ2v) is 4.91. The number of anilines is 1. The van der Waals surface area contributed by atoms with Crippen LogP contribution < -0.4 is 14.8 Å². The molecule has 0 fully saturated rings. The van der Waals surface area contributed by atoms with E-state index in [2.05, 4.69) is 5.32 Å². The minimum absolute atomic E-state index is 0.0873. The van der Waals surface area contributed by atoms with E-state index in [4.69, 9.17) is 21.1 Å². The number of rotatable bonds is 6. The van der Waals surface area contributed by atoms with Gasteiger partial charge in [-0.2, -0.15) is 0 Å². The molecule has 0 spiro atoms. The number of ether oxygens (including phenoxy) is 2. The topological polar surface area (TPSA) is 50.7 Å². The first-order valence-corrected chi connectivity index (χ1v) is 6.91. The van der Waals surface area contributed by atoms with Crippen LogP contribution in [0.25, 0.3) is 0 Å². The lowest BCUT2D eigenvalue weighted by Gasteiger charge is -2.21. The van der Waals surface area contributed by atoms with Gasteiger partial charge in [0.1, 0.15) is 0 Å². The van der Waals surface area contributed by atoms with Crippen molar-refractivity contribution >= 4 is 17.3 Å². The molecule has 0 bridgehead atoms.